The number of rotatable bonds is 3. The van der Waals surface area contributed by atoms with Crippen LogP contribution in [-0.2, 0) is 9.53 Å². The number of carbonyl (C=O) groups excluding carboxylic acids is 1. The third-order valence-electron chi connectivity index (χ3n) is 0.810. The molecule has 1 N–H and O–H groups in total. The van der Waals surface area contributed by atoms with E-state index in [0.29, 0.717) is 0 Å². The van der Waals surface area contributed by atoms with Crippen molar-refractivity contribution in [2.75, 3.05) is 13.2 Å². The van der Waals surface area contributed by atoms with Crippen molar-refractivity contribution in [1.82, 2.24) is 0 Å². The second kappa shape index (κ2) is 3.51. The summed E-state index contributed by atoms with van der Waals surface area (Å²) < 4.78 is 16.8. The van der Waals surface area contributed by atoms with Gasteiger partial charge in [0.2, 0.25) is 5.67 Å². The Labute approximate surface area is 58.8 Å². The molecule has 60 valence electrons. The average molecular weight is 150 g/mol. The van der Waals surface area contributed by atoms with Crippen molar-refractivity contribution in [1.29, 1.82) is 0 Å². The van der Waals surface area contributed by atoms with Crippen LogP contribution in [-0.4, -0.2) is 30.0 Å². The van der Waals surface area contributed by atoms with Crippen LogP contribution in [0, 0.1) is 0 Å². The van der Waals surface area contributed by atoms with E-state index in [2.05, 4.69) is 4.74 Å². The molecule has 0 aromatic carbocycles. The molecule has 0 aliphatic carbocycles. The monoisotopic (exact) mass is 150 g/mol. The third-order valence-corrected chi connectivity index (χ3v) is 0.810. The van der Waals surface area contributed by atoms with Crippen LogP contribution in [0.15, 0.2) is 0 Å². The molecule has 0 rings (SSSR count). The maximum Gasteiger partial charge on any atom is 0.343 e. The van der Waals surface area contributed by atoms with E-state index in [9.17, 15) is 9.18 Å². The molecule has 0 heterocycles. The zero-order valence-corrected chi connectivity index (χ0v) is 6.06. The summed E-state index contributed by atoms with van der Waals surface area (Å²) in [5.41, 5.74) is -1.96. The van der Waals surface area contributed by atoms with Crippen molar-refractivity contribution in [2.24, 2.45) is 0 Å². The third kappa shape index (κ3) is 3.40. The molecule has 0 aliphatic rings. The molecule has 0 radical (unpaired) electrons. The fourth-order valence-electron chi connectivity index (χ4n) is 0.310. The molecule has 0 aliphatic heterocycles. The van der Waals surface area contributed by atoms with Gasteiger partial charge in [-0.1, -0.05) is 0 Å². The zero-order chi connectivity index (χ0) is 8.20. The van der Waals surface area contributed by atoms with E-state index in [-0.39, 0.29) is 13.2 Å². The minimum Gasteiger partial charge on any atom is -0.461 e. The van der Waals surface area contributed by atoms with Crippen LogP contribution in [0.25, 0.3) is 0 Å². The van der Waals surface area contributed by atoms with Gasteiger partial charge in [0, 0.05) is 0 Å². The Bertz CT molecular complexity index is 117. The molecule has 0 fully saturated rings. The number of halogens is 1. The maximum absolute atomic E-state index is 12.5. The van der Waals surface area contributed by atoms with Crippen LogP contribution in [0.1, 0.15) is 13.8 Å². The van der Waals surface area contributed by atoms with Gasteiger partial charge in [0.15, 0.2) is 0 Å². The smallest absolute Gasteiger partial charge is 0.343 e. The lowest BCUT2D eigenvalue weighted by atomic mass is 10.2. The number of aliphatic hydroxyl groups excluding tert-OH is 1. The minimum absolute atomic E-state index is 0.147. The summed E-state index contributed by atoms with van der Waals surface area (Å²) in [6.07, 6.45) is 0. The number of carbonyl (C=O) groups is 1. The van der Waals surface area contributed by atoms with E-state index in [1.165, 1.54) is 0 Å². The number of hydrogen-bond donors (Lipinski definition) is 1. The van der Waals surface area contributed by atoms with Crippen LogP contribution < -0.4 is 0 Å². The Kier molecular flexibility index (Phi) is 3.28. The topological polar surface area (TPSA) is 46.5 Å². The van der Waals surface area contributed by atoms with E-state index in [1.54, 1.807) is 0 Å². The molecule has 0 spiro atoms. The molecule has 4 heteroatoms. The predicted molar refractivity (Wildman–Crippen MR) is 33.2 cm³/mol. The lowest BCUT2D eigenvalue weighted by molar-refractivity contribution is -0.156. The van der Waals surface area contributed by atoms with Crippen LogP contribution in [0.4, 0.5) is 4.39 Å². The van der Waals surface area contributed by atoms with Crippen molar-refractivity contribution in [3.05, 3.63) is 0 Å². The summed E-state index contributed by atoms with van der Waals surface area (Å²) >= 11 is 0. The summed E-state index contributed by atoms with van der Waals surface area (Å²) in [6.45, 7) is 1.79. The lowest BCUT2D eigenvalue weighted by Gasteiger charge is -2.11. The van der Waals surface area contributed by atoms with Gasteiger partial charge in [-0.25, -0.2) is 9.18 Å². The van der Waals surface area contributed by atoms with E-state index < -0.39 is 11.6 Å². The SMILES string of the molecule is CC(C)(F)C(=O)OCCO. The number of alkyl halides is 1. The van der Waals surface area contributed by atoms with Gasteiger partial charge in [-0.2, -0.15) is 0 Å². The predicted octanol–water partition coefficient (Wildman–Crippen LogP) is 0.270. The Morgan fingerprint density at radius 1 is 1.70 bits per heavy atom. The van der Waals surface area contributed by atoms with Gasteiger partial charge in [0.05, 0.1) is 6.61 Å². The van der Waals surface area contributed by atoms with Crippen molar-refractivity contribution in [3.63, 3.8) is 0 Å². The highest BCUT2D eigenvalue weighted by Crippen LogP contribution is 2.09. The van der Waals surface area contributed by atoms with E-state index >= 15 is 0 Å². The first-order valence-electron chi connectivity index (χ1n) is 2.95. The molecular weight excluding hydrogens is 139 g/mol. The molecule has 10 heavy (non-hydrogen) atoms. The Morgan fingerprint density at radius 3 is 2.50 bits per heavy atom. The quantitative estimate of drug-likeness (QED) is 0.587. The molecule has 0 bridgehead atoms. The van der Waals surface area contributed by atoms with E-state index in [1.807, 2.05) is 0 Å². The first-order chi connectivity index (χ1) is 4.48. The van der Waals surface area contributed by atoms with Crippen molar-refractivity contribution < 1.29 is 19.0 Å². The average Bonchev–Trinajstić information content (AvgIpc) is 1.80. The number of ether oxygens (including phenoxy) is 1. The summed E-state index contributed by atoms with van der Waals surface area (Å²) in [5.74, 6) is -0.943. The molecule has 0 atom stereocenters. The molecule has 0 aromatic heterocycles. The van der Waals surface area contributed by atoms with Crippen LogP contribution in [0.2, 0.25) is 0 Å². The fourth-order valence-corrected chi connectivity index (χ4v) is 0.310. The van der Waals surface area contributed by atoms with Crippen LogP contribution >= 0.6 is 0 Å². The standard InChI is InChI=1S/C6H11FO3/c1-6(2,7)5(9)10-4-3-8/h8H,3-4H2,1-2H3. The van der Waals surface area contributed by atoms with Gasteiger partial charge < -0.3 is 9.84 Å². The van der Waals surface area contributed by atoms with Gasteiger partial charge in [-0.05, 0) is 13.8 Å². The highest BCUT2D eigenvalue weighted by molar-refractivity contribution is 5.78. The van der Waals surface area contributed by atoms with Gasteiger partial charge in [-0.15, -0.1) is 0 Å². The summed E-state index contributed by atoms with van der Waals surface area (Å²) in [6, 6.07) is 0. The summed E-state index contributed by atoms with van der Waals surface area (Å²) in [4.78, 5) is 10.5. The summed E-state index contributed by atoms with van der Waals surface area (Å²) in [5, 5.41) is 8.18. The van der Waals surface area contributed by atoms with E-state index in [4.69, 9.17) is 5.11 Å². The highest BCUT2D eigenvalue weighted by atomic mass is 19.1. The van der Waals surface area contributed by atoms with Crippen molar-refractivity contribution >= 4 is 5.97 Å². The zero-order valence-electron chi connectivity index (χ0n) is 6.06. The first kappa shape index (κ1) is 9.36. The Morgan fingerprint density at radius 2 is 2.20 bits per heavy atom. The second-order valence-electron chi connectivity index (χ2n) is 2.33. The molecule has 0 saturated carbocycles. The van der Waals surface area contributed by atoms with Gasteiger partial charge in [-0.3, -0.25) is 0 Å². The Hall–Kier alpha value is -0.640. The fraction of sp³-hybridized carbons (Fsp3) is 0.833. The molecular formula is C6H11FO3. The number of hydrogen-bond acceptors (Lipinski definition) is 3. The molecule has 0 unspecified atom stereocenters. The van der Waals surface area contributed by atoms with Crippen LogP contribution in [0.5, 0.6) is 0 Å². The maximum atomic E-state index is 12.5. The van der Waals surface area contributed by atoms with Crippen molar-refractivity contribution in [2.45, 2.75) is 19.5 Å². The number of aliphatic hydroxyl groups is 1. The molecule has 0 aromatic rings. The van der Waals surface area contributed by atoms with Crippen molar-refractivity contribution in [3.8, 4) is 0 Å². The van der Waals surface area contributed by atoms with Gasteiger partial charge in [0.1, 0.15) is 6.61 Å². The van der Waals surface area contributed by atoms with Crippen LogP contribution in [0.3, 0.4) is 0 Å². The van der Waals surface area contributed by atoms with Gasteiger partial charge >= 0.3 is 5.97 Å². The van der Waals surface area contributed by atoms with E-state index in [0.717, 1.165) is 13.8 Å². The summed E-state index contributed by atoms with van der Waals surface area (Å²) in [7, 11) is 0. The first-order valence-corrected chi connectivity index (χ1v) is 2.95. The largest absolute Gasteiger partial charge is 0.461 e. The molecule has 0 saturated heterocycles. The molecule has 3 nitrogen and oxygen atoms in total. The second-order valence-corrected chi connectivity index (χ2v) is 2.33. The lowest BCUT2D eigenvalue weighted by Crippen LogP contribution is -2.29. The van der Waals surface area contributed by atoms with Gasteiger partial charge in [0.25, 0.3) is 0 Å². The highest BCUT2D eigenvalue weighted by Gasteiger charge is 2.27. The normalized spacial score (nSPS) is 11.2. The minimum atomic E-state index is -1.96. The molecule has 0 amide bonds. The Balaban J connectivity index is 3.64. The number of esters is 1.